The van der Waals surface area contributed by atoms with Crippen molar-refractivity contribution >= 4 is 28.4 Å². The number of carbonyl (C=O) groups is 1. The van der Waals surface area contributed by atoms with E-state index in [2.05, 4.69) is 5.32 Å². The summed E-state index contributed by atoms with van der Waals surface area (Å²) in [7, 11) is 0. The lowest BCUT2D eigenvalue weighted by Gasteiger charge is -2.08. The van der Waals surface area contributed by atoms with E-state index >= 15 is 0 Å². The number of amides is 1. The number of benzene rings is 3. The van der Waals surface area contributed by atoms with Gasteiger partial charge in [-0.25, -0.2) is 0 Å². The Labute approximate surface area is 152 Å². The maximum atomic E-state index is 12.5. The highest BCUT2D eigenvalue weighted by atomic mass is 16.3. The first kappa shape index (κ1) is 17.2. The van der Waals surface area contributed by atoms with Crippen LogP contribution in [0.1, 0.15) is 16.7 Å². The number of aryl methyl sites for hydroxylation is 2. The van der Waals surface area contributed by atoms with Crippen molar-refractivity contribution in [2.24, 2.45) is 0 Å². The van der Waals surface area contributed by atoms with Gasteiger partial charge in [-0.05, 0) is 60.0 Å². The molecule has 0 heterocycles. The molecule has 0 aliphatic heterocycles. The number of aromatic hydroxyl groups is 1. The fourth-order valence-electron chi connectivity index (χ4n) is 2.75. The number of phenols is 1. The molecule has 4 heteroatoms. The van der Waals surface area contributed by atoms with Crippen LogP contribution in [0, 0.1) is 25.2 Å². The second-order valence-corrected chi connectivity index (χ2v) is 6.14. The van der Waals surface area contributed by atoms with Gasteiger partial charge in [-0.2, -0.15) is 5.26 Å². The molecule has 0 saturated carbocycles. The van der Waals surface area contributed by atoms with Crippen molar-refractivity contribution in [3.05, 3.63) is 76.9 Å². The number of anilines is 1. The Morgan fingerprint density at radius 1 is 1.08 bits per heavy atom. The highest BCUT2D eigenvalue weighted by molar-refractivity contribution is 6.11. The zero-order valence-electron chi connectivity index (χ0n) is 14.6. The molecule has 128 valence electrons. The van der Waals surface area contributed by atoms with Crippen molar-refractivity contribution in [3.8, 4) is 11.8 Å². The topological polar surface area (TPSA) is 73.1 Å². The quantitative estimate of drug-likeness (QED) is 0.535. The van der Waals surface area contributed by atoms with E-state index < -0.39 is 5.91 Å². The van der Waals surface area contributed by atoms with E-state index in [0.29, 0.717) is 11.3 Å². The number of fused-ring (bicyclic) bond motifs is 1. The van der Waals surface area contributed by atoms with Gasteiger partial charge in [-0.15, -0.1) is 0 Å². The molecule has 0 aliphatic carbocycles. The van der Waals surface area contributed by atoms with Crippen LogP contribution in [0.2, 0.25) is 0 Å². The van der Waals surface area contributed by atoms with E-state index in [1.165, 1.54) is 6.08 Å². The van der Waals surface area contributed by atoms with Crippen LogP contribution < -0.4 is 5.32 Å². The lowest BCUT2D eigenvalue weighted by atomic mass is 10.0. The third kappa shape index (κ3) is 3.42. The van der Waals surface area contributed by atoms with Crippen LogP contribution in [0.4, 0.5) is 5.69 Å². The molecule has 0 aliphatic rings. The first-order chi connectivity index (χ1) is 12.5. The molecule has 26 heavy (non-hydrogen) atoms. The van der Waals surface area contributed by atoms with Gasteiger partial charge in [0.15, 0.2) is 0 Å². The number of phenolic OH excluding ortho intramolecular Hbond substituents is 1. The summed E-state index contributed by atoms with van der Waals surface area (Å²) in [6.45, 7) is 3.95. The van der Waals surface area contributed by atoms with Crippen LogP contribution in [-0.4, -0.2) is 11.0 Å². The van der Waals surface area contributed by atoms with Gasteiger partial charge in [0.25, 0.3) is 5.91 Å². The van der Waals surface area contributed by atoms with E-state index in [4.69, 9.17) is 0 Å². The van der Waals surface area contributed by atoms with Crippen molar-refractivity contribution < 1.29 is 9.90 Å². The molecule has 0 fully saturated rings. The van der Waals surface area contributed by atoms with Gasteiger partial charge in [0.05, 0.1) is 0 Å². The van der Waals surface area contributed by atoms with Gasteiger partial charge in [0, 0.05) is 11.3 Å². The minimum Gasteiger partial charge on any atom is -0.507 e. The predicted molar refractivity (Wildman–Crippen MR) is 104 cm³/mol. The first-order valence-electron chi connectivity index (χ1n) is 8.20. The molecule has 0 bridgehead atoms. The fourth-order valence-corrected chi connectivity index (χ4v) is 2.75. The zero-order valence-corrected chi connectivity index (χ0v) is 14.6. The van der Waals surface area contributed by atoms with Crippen LogP contribution >= 0.6 is 0 Å². The molecular weight excluding hydrogens is 324 g/mol. The summed E-state index contributed by atoms with van der Waals surface area (Å²) >= 11 is 0. The number of nitriles is 1. The lowest BCUT2D eigenvalue weighted by molar-refractivity contribution is -0.112. The molecular formula is C22H18N2O2. The smallest absolute Gasteiger partial charge is 0.266 e. The minimum absolute atomic E-state index is 0.0235. The minimum atomic E-state index is -0.511. The van der Waals surface area contributed by atoms with E-state index in [1.807, 2.05) is 56.3 Å². The highest BCUT2D eigenvalue weighted by Crippen LogP contribution is 2.29. The van der Waals surface area contributed by atoms with Gasteiger partial charge in [-0.3, -0.25) is 4.79 Å². The molecule has 0 unspecified atom stereocenters. The average Bonchev–Trinajstić information content (AvgIpc) is 2.64. The number of nitrogens with one attached hydrogen (secondary N) is 1. The summed E-state index contributed by atoms with van der Waals surface area (Å²) in [5.74, 6) is -0.487. The summed E-state index contributed by atoms with van der Waals surface area (Å²) < 4.78 is 0. The van der Waals surface area contributed by atoms with Crippen LogP contribution in [0.25, 0.3) is 16.8 Å². The summed E-state index contributed by atoms with van der Waals surface area (Å²) in [6, 6.07) is 18.3. The normalized spacial score (nSPS) is 11.2. The number of carbonyl (C=O) groups excluding carboxylic acids is 1. The van der Waals surface area contributed by atoms with Gasteiger partial charge >= 0.3 is 0 Å². The van der Waals surface area contributed by atoms with E-state index in [0.717, 1.165) is 21.9 Å². The average molecular weight is 342 g/mol. The molecule has 0 saturated heterocycles. The molecule has 2 N–H and O–H groups in total. The van der Waals surface area contributed by atoms with Crippen LogP contribution in [0.5, 0.6) is 5.75 Å². The van der Waals surface area contributed by atoms with Crippen molar-refractivity contribution in [1.29, 1.82) is 5.26 Å². The second-order valence-electron chi connectivity index (χ2n) is 6.14. The van der Waals surface area contributed by atoms with Crippen LogP contribution in [0.3, 0.4) is 0 Å². The maximum Gasteiger partial charge on any atom is 0.266 e. The maximum absolute atomic E-state index is 12.5. The largest absolute Gasteiger partial charge is 0.507 e. The Hall–Kier alpha value is -3.58. The third-order valence-electron chi connectivity index (χ3n) is 4.37. The monoisotopic (exact) mass is 342 g/mol. The Balaban J connectivity index is 1.98. The molecule has 0 spiro atoms. The predicted octanol–water partition coefficient (Wildman–Crippen LogP) is 4.71. The summed E-state index contributed by atoms with van der Waals surface area (Å²) in [5.41, 5.74) is 3.18. The van der Waals surface area contributed by atoms with E-state index in [1.54, 1.807) is 18.2 Å². The van der Waals surface area contributed by atoms with Gasteiger partial charge in [0.1, 0.15) is 17.4 Å². The number of nitrogens with zero attached hydrogens (tertiary/aromatic N) is 1. The molecule has 0 aromatic heterocycles. The van der Waals surface area contributed by atoms with E-state index in [-0.39, 0.29) is 11.3 Å². The van der Waals surface area contributed by atoms with Crippen LogP contribution in [0.15, 0.2) is 60.2 Å². The molecule has 0 atom stereocenters. The molecule has 3 rings (SSSR count). The Bertz CT molecular complexity index is 1080. The Morgan fingerprint density at radius 2 is 1.85 bits per heavy atom. The molecule has 1 amide bonds. The molecule has 3 aromatic rings. The van der Waals surface area contributed by atoms with Gasteiger partial charge in [0.2, 0.25) is 0 Å². The number of rotatable bonds is 3. The zero-order chi connectivity index (χ0) is 18.7. The number of hydrogen-bond donors (Lipinski definition) is 2. The standard InChI is InChI=1S/C22H18N2O2/c1-14-7-9-18(11-15(14)2)24-22(26)17(13-23)12-20-19-6-4-3-5-16(19)8-10-21(20)25/h3-12,25H,1-2H3,(H,24,26)/b17-12+. The van der Waals surface area contributed by atoms with Gasteiger partial charge in [-0.1, -0.05) is 36.4 Å². The van der Waals surface area contributed by atoms with E-state index in [9.17, 15) is 15.2 Å². The van der Waals surface area contributed by atoms with Crippen molar-refractivity contribution in [2.75, 3.05) is 5.32 Å². The highest BCUT2D eigenvalue weighted by Gasteiger charge is 2.13. The third-order valence-corrected chi connectivity index (χ3v) is 4.37. The molecule has 0 radical (unpaired) electrons. The van der Waals surface area contributed by atoms with Crippen molar-refractivity contribution in [1.82, 2.24) is 0 Å². The summed E-state index contributed by atoms with van der Waals surface area (Å²) in [4.78, 5) is 12.5. The first-order valence-corrected chi connectivity index (χ1v) is 8.20. The SMILES string of the molecule is Cc1ccc(NC(=O)/C(C#N)=C/c2c(O)ccc3ccccc23)cc1C. The fraction of sp³-hybridized carbons (Fsp3) is 0.0909. The Kier molecular flexibility index (Phi) is 4.72. The summed E-state index contributed by atoms with van der Waals surface area (Å²) in [5, 5.41) is 24.1. The van der Waals surface area contributed by atoms with Gasteiger partial charge < -0.3 is 10.4 Å². The lowest BCUT2D eigenvalue weighted by Crippen LogP contribution is -2.13. The number of hydrogen-bond acceptors (Lipinski definition) is 3. The van der Waals surface area contributed by atoms with Crippen LogP contribution in [-0.2, 0) is 4.79 Å². The Morgan fingerprint density at radius 3 is 2.58 bits per heavy atom. The molecule has 3 aromatic carbocycles. The second kappa shape index (κ2) is 7.12. The van der Waals surface area contributed by atoms with Crippen molar-refractivity contribution in [3.63, 3.8) is 0 Å². The molecule has 4 nitrogen and oxygen atoms in total. The van der Waals surface area contributed by atoms with Crippen molar-refractivity contribution in [2.45, 2.75) is 13.8 Å². The summed E-state index contributed by atoms with van der Waals surface area (Å²) in [6.07, 6.45) is 1.42.